The molecule has 3 nitrogen and oxygen atoms in total. The first kappa shape index (κ1) is 32.4. The summed E-state index contributed by atoms with van der Waals surface area (Å²) in [6.07, 6.45) is 12.6. The molecule has 1 aliphatic carbocycles. The lowest BCUT2D eigenvalue weighted by Gasteiger charge is -2.27. The van der Waals surface area contributed by atoms with Crippen molar-refractivity contribution in [1.82, 2.24) is 0 Å². The number of ether oxygens (including phenoxy) is 1. The standard InChI is InChI=1S/C41H45Cl2N2O/c1-8-44-35-21-17-30(42)25-33(35)40(3,4)37(44)23-15-27-11-10-12-28(39(27)29-13-19-32(46-7)20-14-29)16-24-38-41(5,6)34-26-31(43)18-22-36(34)45(38)9-2/h13-26H,8-12H2,1-7H3/q+1. The normalized spacial score (nSPS) is 20.3. The fourth-order valence-corrected chi connectivity index (χ4v) is 8.07. The summed E-state index contributed by atoms with van der Waals surface area (Å²) < 4.78 is 7.96. The number of hydrogen-bond donors (Lipinski definition) is 0. The highest BCUT2D eigenvalue weighted by Crippen LogP contribution is 2.49. The van der Waals surface area contributed by atoms with Crippen molar-refractivity contribution in [3.63, 3.8) is 0 Å². The molecule has 0 fully saturated rings. The molecule has 0 saturated heterocycles. The fraction of sp³-hybridized carbons (Fsp3) is 0.341. The number of allylic oxidation sites excluding steroid dienone is 8. The lowest BCUT2D eigenvalue weighted by atomic mass is 9.79. The van der Waals surface area contributed by atoms with Crippen LogP contribution in [-0.4, -0.2) is 30.5 Å². The number of methoxy groups -OCH3 is 1. The van der Waals surface area contributed by atoms with Gasteiger partial charge < -0.3 is 9.64 Å². The Kier molecular flexibility index (Phi) is 8.87. The third kappa shape index (κ3) is 5.56. The molecule has 0 aromatic heterocycles. The number of benzene rings is 3. The minimum atomic E-state index is -0.152. The number of rotatable bonds is 7. The highest BCUT2D eigenvalue weighted by atomic mass is 35.5. The van der Waals surface area contributed by atoms with Crippen molar-refractivity contribution in [2.75, 3.05) is 25.1 Å². The van der Waals surface area contributed by atoms with Crippen LogP contribution in [0.4, 0.5) is 11.4 Å². The maximum Gasteiger partial charge on any atom is 0.209 e. The maximum atomic E-state index is 6.48. The predicted octanol–water partition coefficient (Wildman–Crippen LogP) is 11.2. The number of nitrogens with zero attached hydrogens (tertiary/aromatic N) is 2. The van der Waals surface area contributed by atoms with Gasteiger partial charge in [-0.15, -0.1) is 0 Å². The van der Waals surface area contributed by atoms with E-state index in [0.29, 0.717) is 0 Å². The molecule has 5 heteroatoms. The van der Waals surface area contributed by atoms with Gasteiger partial charge in [0.15, 0.2) is 5.71 Å². The topological polar surface area (TPSA) is 15.5 Å². The number of halogens is 2. The monoisotopic (exact) mass is 651 g/mol. The summed E-state index contributed by atoms with van der Waals surface area (Å²) in [5.41, 5.74) is 12.6. The zero-order chi connectivity index (χ0) is 32.8. The van der Waals surface area contributed by atoms with E-state index in [4.69, 9.17) is 27.9 Å². The highest BCUT2D eigenvalue weighted by molar-refractivity contribution is 6.31. The van der Waals surface area contributed by atoms with E-state index in [2.05, 4.69) is 124 Å². The zero-order valence-electron chi connectivity index (χ0n) is 28.2. The van der Waals surface area contributed by atoms with E-state index in [-0.39, 0.29) is 10.8 Å². The van der Waals surface area contributed by atoms with Gasteiger partial charge in [0.2, 0.25) is 5.69 Å². The van der Waals surface area contributed by atoms with Crippen molar-refractivity contribution < 1.29 is 9.31 Å². The Hall–Kier alpha value is -3.53. The van der Waals surface area contributed by atoms with Gasteiger partial charge in [0.1, 0.15) is 12.3 Å². The SMILES string of the molecule is CCN1/C(=C/C=C2\CCCC(/C=C/C3=[N+](CC)c4ccc(Cl)cc4C3(C)C)=C2c2ccc(OC)cc2)C(C)(C)c2cc(Cl)ccc21. The van der Waals surface area contributed by atoms with E-state index in [1.54, 1.807) is 7.11 Å². The van der Waals surface area contributed by atoms with E-state index < -0.39 is 0 Å². The van der Waals surface area contributed by atoms with Crippen molar-refractivity contribution in [2.24, 2.45) is 0 Å². The quantitative estimate of drug-likeness (QED) is 0.236. The summed E-state index contributed by atoms with van der Waals surface area (Å²) in [6.45, 7) is 15.5. The Labute approximate surface area is 285 Å². The van der Waals surface area contributed by atoms with Crippen LogP contribution in [0.3, 0.4) is 0 Å². The molecule has 6 rings (SSSR count). The molecule has 3 aromatic carbocycles. The first-order valence-corrected chi connectivity index (χ1v) is 17.3. The fourth-order valence-electron chi connectivity index (χ4n) is 7.72. The lowest BCUT2D eigenvalue weighted by Crippen LogP contribution is -2.27. The molecule has 3 aromatic rings. The van der Waals surface area contributed by atoms with Gasteiger partial charge in [0, 0.05) is 51.1 Å². The van der Waals surface area contributed by atoms with Crippen LogP contribution >= 0.6 is 23.2 Å². The molecule has 46 heavy (non-hydrogen) atoms. The summed E-state index contributed by atoms with van der Waals surface area (Å²) in [5.74, 6) is 0.867. The van der Waals surface area contributed by atoms with Gasteiger partial charge in [-0.25, -0.2) is 0 Å². The molecule has 2 heterocycles. The number of fused-ring (bicyclic) bond motifs is 2. The lowest BCUT2D eigenvalue weighted by molar-refractivity contribution is -0.433. The maximum absolute atomic E-state index is 6.48. The summed E-state index contributed by atoms with van der Waals surface area (Å²) in [6, 6.07) is 21.1. The summed E-state index contributed by atoms with van der Waals surface area (Å²) in [7, 11) is 1.72. The second kappa shape index (κ2) is 12.6. The predicted molar refractivity (Wildman–Crippen MR) is 197 cm³/mol. The van der Waals surface area contributed by atoms with Crippen LogP contribution in [-0.2, 0) is 10.8 Å². The largest absolute Gasteiger partial charge is 0.497 e. The molecule has 238 valence electrons. The Bertz CT molecular complexity index is 1840. The third-order valence-corrected chi connectivity index (χ3v) is 10.6. The van der Waals surface area contributed by atoms with Gasteiger partial charge in [-0.3, -0.25) is 0 Å². The van der Waals surface area contributed by atoms with Crippen LogP contribution in [0, 0.1) is 0 Å². The Morgan fingerprint density at radius 3 is 2.20 bits per heavy atom. The van der Waals surface area contributed by atoms with Crippen LogP contribution in [0.25, 0.3) is 5.57 Å². The Morgan fingerprint density at radius 2 is 1.52 bits per heavy atom. The second-order valence-corrected chi connectivity index (χ2v) is 14.4. The Morgan fingerprint density at radius 1 is 0.826 bits per heavy atom. The van der Waals surface area contributed by atoms with Crippen LogP contribution in [0.1, 0.15) is 77.5 Å². The van der Waals surface area contributed by atoms with Gasteiger partial charge in [0.25, 0.3) is 0 Å². The first-order valence-electron chi connectivity index (χ1n) is 16.5. The van der Waals surface area contributed by atoms with Crippen molar-refractivity contribution in [1.29, 1.82) is 0 Å². The van der Waals surface area contributed by atoms with E-state index in [9.17, 15) is 0 Å². The minimum absolute atomic E-state index is 0.152. The number of anilines is 1. The highest BCUT2D eigenvalue weighted by Gasteiger charge is 2.44. The Balaban J connectivity index is 1.47. The number of likely N-dealkylation sites (N-methyl/N-ethyl adjacent to an activating group) is 1. The second-order valence-electron chi connectivity index (χ2n) is 13.5. The summed E-state index contributed by atoms with van der Waals surface area (Å²) in [5, 5.41) is 1.57. The van der Waals surface area contributed by atoms with E-state index in [1.807, 2.05) is 12.1 Å². The van der Waals surface area contributed by atoms with Gasteiger partial charge >= 0.3 is 0 Å². The molecule has 0 unspecified atom stereocenters. The average molecular weight is 653 g/mol. The van der Waals surface area contributed by atoms with E-state index in [1.165, 1.54) is 56.2 Å². The van der Waals surface area contributed by atoms with Crippen LogP contribution < -0.4 is 9.64 Å². The van der Waals surface area contributed by atoms with Gasteiger partial charge in [-0.1, -0.05) is 61.3 Å². The molecule has 0 saturated carbocycles. The molecule has 0 N–H and O–H groups in total. The molecule has 2 aliphatic heterocycles. The van der Waals surface area contributed by atoms with Crippen LogP contribution in [0.2, 0.25) is 10.0 Å². The average Bonchev–Trinajstić information content (AvgIpc) is 3.39. The minimum Gasteiger partial charge on any atom is -0.497 e. The molecular formula is C41H45Cl2N2O+. The first-order chi connectivity index (χ1) is 22.0. The number of hydrogen-bond acceptors (Lipinski definition) is 2. The van der Waals surface area contributed by atoms with Gasteiger partial charge in [0.05, 0.1) is 12.5 Å². The van der Waals surface area contributed by atoms with E-state index >= 15 is 0 Å². The molecule has 0 bridgehead atoms. The third-order valence-electron chi connectivity index (χ3n) is 10.1. The van der Waals surface area contributed by atoms with Gasteiger partial charge in [-0.05, 0) is 123 Å². The molecule has 0 amide bonds. The van der Waals surface area contributed by atoms with Crippen LogP contribution in [0.15, 0.2) is 102 Å². The van der Waals surface area contributed by atoms with Crippen molar-refractivity contribution in [3.05, 3.63) is 129 Å². The zero-order valence-corrected chi connectivity index (χ0v) is 29.7. The summed E-state index contributed by atoms with van der Waals surface area (Å²) >= 11 is 13.0. The van der Waals surface area contributed by atoms with Gasteiger partial charge in [-0.2, -0.15) is 4.58 Å². The van der Waals surface area contributed by atoms with Crippen molar-refractivity contribution >= 4 is 45.9 Å². The molecule has 3 aliphatic rings. The molecule has 0 radical (unpaired) electrons. The molecular weight excluding hydrogens is 607 g/mol. The molecule has 0 spiro atoms. The smallest absolute Gasteiger partial charge is 0.209 e. The van der Waals surface area contributed by atoms with Crippen molar-refractivity contribution in [3.8, 4) is 5.75 Å². The molecule has 0 atom stereocenters. The summed E-state index contributed by atoms with van der Waals surface area (Å²) in [4.78, 5) is 2.44. The van der Waals surface area contributed by atoms with Crippen LogP contribution in [0.5, 0.6) is 5.75 Å². The van der Waals surface area contributed by atoms with E-state index in [0.717, 1.165) is 48.1 Å². The van der Waals surface area contributed by atoms with Crippen molar-refractivity contribution in [2.45, 2.75) is 71.6 Å².